The topological polar surface area (TPSA) is 16.1 Å². The van der Waals surface area contributed by atoms with Gasteiger partial charge in [-0.2, -0.15) is 0 Å². The van der Waals surface area contributed by atoms with Crippen molar-refractivity contribution in [2.24, 2.45) is 0 Å². The number of pyridine rings is 1. The van der Waals surface area contributed by atoms with Crippen LogP contribution in [0, 0.1) is 11.8 Å². The van der Waals surface area contributed by atoms with Crippen LogP contribution in [0.1, 0.15) is 17.2 Å². The number of hydrogen-bond donors (Lipinski definition) is 0. The summed E-state index contributed by atoms with van der Waals surface area (Å²) in [5.41, 5.74) is 5.93. The second-order valence-electron chi connectivity index (χ2n) is 8.21. The monoisotopic (exact) mass is 406 g/mol. The van der Waals surface area contributed by atoms with E-state index in [-0.39, 0.29) is 6.04 Å². The van der Waals surface area contributed by atoms with E-state index in [2.05, 4.69) is 95.6 Å². The Morgan fingerprint density at radius 1 is 0.688 bits per heavy atom. The van der Waals surface area contributed by atoms with Gasteiger partial charge in [-0.15, -0.1) is 0 Å². The molecule has 2 aliphatic heterocycles. The molecule has 1 unspecified atom stereocenters. The largest absolute Gasteiger partial charge is 0.306 e. The Morgan fingerprint density at radius 2 is 1.38 bits per heavy atom. The number of nitrogens with zero attached hydrogens (tertiary/aromatic N) is 2. The Hall–Kier alpha value is -4.35. The fraction of sp³-hybridized carbons (Fsp3) is 0.0333. The molecular formula is C30H18N2. The van der Waals surface area contributed by atoms with Crippen molar-refractivity contribution in [2.75, 3.05) is 4.90 Å². The second-order valence-corrected chi connectivity index (χ2v) is 8.21. The van der Waals surface area contributed by atoms with Crippen LogP contribution < -0.4 is 4.90 Å². The van der Waals surface area contributed by atoms with Crippen LogP contribution >= 0.6 is 0 Å². The van der Waals surface area contributed by atoms with Gasteiger partial charge in [-0.05, 0) is 39.2 Å². The first-order chi connectivity index (χ1) is 15.9. The van der Waals surface area contributed by atoms with E-state index in [1.807, 2.05) is 24.4 Å². The normalized spacial score (nSPS) is 15.9. The third-order valence-corrected chi connectivity index (χ3v) is 6.55. The average molecular weight is 406 g/mol. The molecule has 32 heavy (non-hydrogen) atoms. The van der Waals surface area contributed by atoms with Gasteiger partial charge in [0.05, 0.1) is 5.70 Å². The molecule has 0 radical (unpaired) electrons. The molecule has 0 saturated heterocycles. The predicted molar refractivity (Wildman–Crippen MR) is 132 cm³/mol. The maximum absolute atomic E-state index is 4.88. The lowest BCUT2D eigenvalue weighted by Gasteiger charge is -2.40. The zero-order chi connectivity index (χ0) is 21.1. The zero-order valence-electron chi connectivity index (χ0n) is 17.3. The van der Waals surface area contributed by atoms with Crippen LogP contribution in [-0.2, 0) is 0 Å². The molecule has 0 aliphatic carbocycles. The van der Waals surface area contributed by atoms with Gasteiger partial charge in [0.15, 0.2) is 0 Å². The molecule has 0 saturated carbocycles. The van der Waals surface area contributed by atoms with E-state index in [1.165, 1.54) is 32.7 Å². The summed E-state index contributed by atoms with van der Waals surface area (Å²) in [5, 5.41) is 5.06. The number of allylic oxidation sites excluding steroid dienone is 1. The Balaban J connectivity index is 1.64. The molecule has 2 aliphatic rings. The molecule has 0 bridgehead atoms. The lowest BCUT2D eigenvalue weighted by Crippen LogP contribution is -2.32. The molecule has 2 heteroatoms. The Bertz CT molecular complexity index is 1630. The van der Waals surface area contributed by atoms with Crippen molar-refractivity contribution in [1.82, 2.24) is 4.98 Å². The van der Waals surface area contributed by atoms with Gasteiger partial charge in [0.2, 0.25) is 0 Å². The van der Waals surface area contributed by atoms with Crippen LogP contribution in [0.4, 0.5) is 5.82 Å². The van der Waals surface area contributed by atoms with Crippen LogP contribution in [-0.4, -0.2) is 4.98 Å². The highest BCUT2D eigenvalue weighted by molar-refractivity contribution is 6.18. The number of benzene rings is 4. The van der Waals surface area contributed by atoms with Crippen LogP contribution in [0.25, 0.3) is 38.4 Å². The third kappa shape index (κ3) is 2.28. The highest BCUT2D eigenvalue weighted by Gasteiger charge is 2.37. The molecular weight excluding hydrogens is 388 g/mol. The maximum atomic E-state index is 4.88. The van der Waals surface area contributed by atoms with Crippen molar-refractivity contribution in [3.63, 3.8) is 0 Å². The van der Waals surface area contributed by atoms with E-state index in [4.69, 9.17) is 4.98 Å². The number of aromatic nitrogens is 1. The van der Waals surface area contributed by atoms with Crippen molar-refractivity contribution in [1.29, 1.82) is 0 Å². The van der Waals surface area contributed by atoms with Crippen LogP contribution in [0.3, 0.4) is 0 Å². The SMILES string of the molecule is C1#CC2c3c(c4ccccc4c4ccccc34)-c3cccnc3N2C(c2ccccc2)=C1. The summed E-state index contributed by atoms with van der Waals surface area (Å²) in [4.78, 5) is 7.21. The smallest absolute Gasteiger partial charge is 0.142 e. The molecule has 7 rings (SSSR count). The summed E-state index contributed by atoms with van der Waals surface area (Å²) in [7, 11) is 0. The quantitative estimate of drug-likeness (QED) is 0.221. The molecule has 0 fully saturated rings. The minimum atomic E-state index is -0.0953. The van der Waals surface area contributed by atoms with Crippen LogP contribution in [0.5, 0.6) is 0 Å². The number of rotatable bonds is 1. The summed E-state index contributed by atoms with van der Waals surface area (Å²) in [5.74, 6) is 7.84. The summed E-state index contributed by atoms with van der Waals surface area (Å²) in [6.45, 7) is 0. The average Bonchev–Trinajstić information content (AvgIpc) is 2.88. The fourth-order valence-corrected chi connectivity index (χ4v) is 5.26. The van der Waals surface area contributed by atoms with Crippen LogP contribution in [0.15, 0.2) is 103 Å². The summed E-state index contributed by atoms with van der Waals surface area (Å²) >= 11 is 0. The van der Waals surface area contributed by atoms with E-state index in [0.29, 0.717) is 0 Å². The summed E-state index contributed by atoms with van der Waals surface area (Å²) in [6.07, 6.45) is 3.91. The summed E-state index contributed by atoms with van der Waals surface area (Å²) in [6, 6.07) is 32.1. The Labute approximate surface area is 186 Å². The maximum Gasteiger partial charge on any atom is 0.142 e. The lowest BCUT2D eigenvalue weighted by atomic mass is 9.81. The fourth-order valence-electron chi connectivity index (χ4n) is 5.26. The molecule has 2 nitrogen and oxygen atoms in total. The minimum Gasteiger partial charge on any atom is -0.306 e. The van der Waals surface area contributed by atoms with E-state index < -0.39 is 0 Å². The summed E-state index contributed by atoms with van der Waals surface area (Å²) < 4.78 is 0. The molecule has 3 heterocycles. The Kier molecular flexibility index (Phi) is 3.56. The molecule has 4 aromatic carbocycles. The molecule has 0 N–H and O–H groups in total. The van der Waals surface area contributed by atoms with E-state index >= 15 is 0 Å². The van der Waals surface area contributed by atoms with Crippen molar-refractivity contribution in [3.8, 4) is 23.0 Å². The van der Waals surface area contributed by atoms with E-state index in [1.54, 1.807) is 0 Å². The molecule has 5 aromatic rings. The zero-order valence-corrected chi connectivity index (χ0v) is 17.3. The van der Waals surface area contributed by atoms with Crippen LogP contribution in [0.2, 0.25) is 0 Å². The second kappa shape index (κ2) is 6.57. The first-order valence-electron chi connectivity index (χ1n) is 10.9. The highest BCUT2D eigenvalue weighted by Crippen LogP contribution is 2.52. The number of fused-ring (bicyclic) bond motifs is 11. The van der Waals surface area contributed by atoms with Crippen molar-refractivity contribution in [2.45, 2.75) is 6.04 Å². The highest BCUT2D eigenvalue weighted by atomic mass is 15.2. The molecule has 1 atom stereocenters. The van der Waals surface area contributed by atoms with Gasteiger partial charge >= 0.3 is 0 Å². The van der Waals surface area contributed by atoms with Gasteiger partial charge in [0.1, 0.15) is 11.9 Å². The third-order valence-electron chi connectivity index (χ3n) is 6.55. The first-order valence-corrected chi connectivity index (χ1v) is 10.9. The molecule has 148 valence electrons. The van der Waals surface area contributed by atoms with Gasteiger partial charge in [-0.3, -0.25) is 0 Å². The van der Waals surface area contributed by atoms with Gasteiger partial charge in [0, 0.05) is 29.0 Å². The first kappa shape index (κ1) is 17.3. The van der Waals surface area contributed by atoms with E-state index in [0.717, 1.165) is 22.6 Å². The number of hydrogen-bond acceptors (Lipinski definition) is 2. The van der Waals surface area contributed by atoms with Gasteiger partial charge in [-0.25, -0.2) is 4.98 Å². The van der Waals surface area contributed by atoms with Gasteiger partial charge in [0.25, 0.3) is 0 Å². The number of anilines is 1. The lowest BCUT2D eigenvalue weighted by molar-refractivity contribution is 0.858. The van der Waals surface area contributed by atoms with Gasteiger partial charge < -0.3 is 4.90 Å². The van der Waals surface area contributed by atoms with Crippen molar-refractivity contribution < 1.29 is 0 Å². The Morgan fingerprint density at radius 3 is 2.19 bits per heavy atom. The minimum absolute atomic E-state index is 0.0953. The van der Waals surface area contributed by atoms with Crippen molar-refractivity contribution >= 4 is 33.1 Å². The van der Waals surface area contributed by atoms with Crippen molar-refractivity contribution in [3.05, 3.63) is 114 Å². The van der Waals surface area contributed by atoms with E-state index in [9.17, 15) is 0 Å². The molecule has 0 spiro atoms. The molecule has 1 aromatic heterocycles. The van der Waals surface area contributed by atoms with Gasteiger partial charge in [-0.1, -0.05) is 90.7 Å². The molecule has 0 amide bonds. The standard InChI is InChI=1S/C30H18N2/c1-2-10-20(11-3-1)26-17-8-18-27-29-24-15-7-5-13-22(24)21-12-4-6-14-23(21)28(29)25-16-9-19-31-30(25)32(26)27/h1-7,9-17,19,27H. The predicted octanol–water partition coefficient (Wildman–Crippen LogP) is 6.97.